The monoisotopic (exact) mass is 249 g/mol. The van der Waals surface area contributed by atoms with Gasteiger partial charge in [-0.2, -0.15) is 0 Å². The van der Waals surface area contributed by atoms with Crippen molar-refractivity contribution in [2.24, 2.45) is 0 Å². The Labute approximate surface area is 102 Å². The van der Waals surface area contributed by atoms with E-state index in [2.05, 4.69) is 5.16 Å². The van der Waals surface area contributed by atoms with Gasteiger partial charge in [-0.3, -0.25) is 0 Å². The highest BCUT2D eigenvalue weighted by atomic mass is 35.5. The van der Waals surface area contributed by atoms with Gasteiger partial charge in [0.25, 0.3) is 0 Å². The predicted molar refractivity (Wildman–Crippen MR) is 61.3 cm³/mol. The first-order valence-corrected chi connectivity index (χ1v) is 5.55. The highest BCUT2D eigenvalue weighted by molar-refractivity contribution is 6.30. The topological polar surface area (TPSA) is 63.3 Å². The zero-order chi connectivity index (χ0) is 12.0. The number of nitrogens with zero attached hydrogens (tertiary/aromatic N) is 1. The van der Waals surface area contributed by atoms with Crippen molar-refractivity contribution in [1.29, 1.82) is 0 Å². The molecule has 17 heavy (non-hydrogen) atoms. The van der Waals surface area contributed by atoms with Crippen LogP contribution >= 0.6 is 11.6 Å². The molecule has 0 radical (unpaired) electrons. The first-order valence-electron chi connectivity index (χ1n) is 5.17. The number of aromatic nitrogens is 1. The van der Waals surface area contributed by atoms with Gasteiger partial charge in [-0.15, -0.1) is 0 Å². The molecule has 1 aliphatic rings. The van der Waals surface area contributed by atoms with Crippen molar-refractivity contribution >= 4 is 17.6 Å². The summed E-state index contributed by atoms with van der Waals surface area (Å²) in [4.78, 5) is 11.0. The van der Waals surface area contributed by atoms with E-state index in [0.717, 1.165) is 17.5 Å². The normalized spacial score (nSPS) is 13.0. The van der Waals surface area contributed by atoms with Gasteiger partial charge in [-0.25, -0.2) is 4.79 Å². The van der Waals surface area contributed by atoms with E-state index in [1.165, 1.54) is 0 Å². The Balaban J connectivity index is 2.23. The molecule has 0 fully saturated rings. The minimum atomic E-state index is -1.06. The van der Waals surface area contributed by atoms with E-state index in [9.17, 15) is 4.79 Å². The minimum Gasteiger partial charge on any atom is -0.476 e. The number of aryl methyl sites for hydroxylation is 1. The van der Waals surface area contributed by atoms with Crippen molar-refractivity contribution < 1.29 is 14.4 Å². The first kappa shape index (κ1) is 10.4. The molecule has 1 aromatic carbocycles. The van der Waals surface area contributed by atoms with E-state index in [-0.39, 0.29) is 5.69 Å². The average Bonchev–Trinajstić information content (AvgIpc) is 2.72. The van der Waals surface area contributed by atoms with Crippen molar-refractivity contribution in [3.8, 4) is 11.3 Å². The second-order valence-electron chi connectivity index (χ2n) is 3.95. The van der Waals surface area contributed by atoms with Gasteiger partial charge in [-0.1, -0.05) is 22.8 Å². The van der Waals surface area contributed by atoms with E-state index in [1.54, 1.807) is 6.07 Å². The number of halogens is 1. The van der Waals surface area contributed by atoms with E-state index in [4.69, 9.17) is 21.2 Å². The molecule has 0 aliphatic heterocycles. The van der Waals surface area contributed by atoms with Crippen LogP contribution in [0.4, 0.5) is 0 Å². The lowest BCUT2D eigenvalue weighted by Gasteiger charge is -2.14. The third-order valence-electron chi connectivity index (χ3n) is 2.95. The smallest absolute Gasteiger partial charge is 0.358 e. The van der Waals surface area contributed by atoms with Crippen molar-refractivity contribution in [3.05, 3.63) is 40.0 Å². The maximum Gasteiger partial charge on any atom is 0.358 e. The van der Waals surface area contributed by atoms with Crippen molar-refractivity contribution in [1.82, 2.24) is 5.16 Å². The number of hydrogen-bond acceptors (Lipinski definition) is 3. The summed E-state index contributed by atoms with van der Waals surface area (Å²) in [5.41, 5.74) is 2.62. The molecule has 3 rings (SSSR count). The molecule has 0 spiro atoms. The third-order valence-corrected chi connectivity index (χ3v) is 3.19. The lowest BCUT2D eigenvalue weighted by molar-refractivity contribution is 0.0685. The molecule has 0 saturated heterocycles. The SMILES string of the molecule is O=C(O)c1noc2c1CCc1ccc(Cl)cc1-2. The number of aromatic carboxylic acids is 1. The Morgan fingerprint density at radius 3 is 3.00 bits per heavy atom. The third kappa shape index (κ3) is 1.52. The second kappa shape index (κ2) is 3.60. The van der Waals surface area contributed by atoms with E-state index in [0.29, 0.717) is 22.8 Å². The van der Waals surface area contributed by atoms with Gasteiger partial charge in [0.1, 0.15) is 0 Å². The molecule has 1 aromatic heterocycles. The summed E-state index contributed by atoms with van der Waals surface area (Å²) in [5, 5.41) is 13.2. The van der Waals surface area contributed by atoms with Crippen molar-refractivity contribution in [3.63, 3.8) is 0 Å². The number of benzene rings is 1. The summed E-state index contributed by atoms with van der Waals surface area (Å²) < 4.78 is 5.14. The highest BCUT2D eigenvalue weighted by Gasteiger charge is 2.27. The summed E-state index contributed by atoms with van der Waals surface area (Å²) in [6.45, 7) is 0. The van der Waals surface area contributed by atoms with Gasteiger partial charge in [0.2, 0.25) is 0 Å². The number of carbonyl (C=O) groups is 1. The fourth-order valence-corrected chi connectivity index (χ4v) is 2.33. The molecule has 5 heteroatoms. The van der Waals surface area contributed by atoms with Gasteiger partial charge in [0.15, 0.2) is 11.5 Å². The number of rotatable bonds is 1. The van der Waals surface area contributed by atoms with Crippen molar-refractivity contribution in [2.75, 3.05) is 0 Å². The first-order chi connectivity index (χ1) is 8.16. The molecular weight excluding hydrogens is 242 g/mol. The molecule has 0 saturated carbocycles. The van der Waals surface area contributed by atoms with Gasteiger partial charge in [-0.05, 0) is 30.5 Å². The number of carboxylic acid groups (broad SMARTS) is 1. The second-order valence-corrected chi connectivity index (χ2v) is 4.38. The fourth-order valence-electron chi connectivity index (χ4n) is 2.16. The molecule has 0 atom stereocenters. The molecular formula is C12H8ClNO3. The quantitative estimate of drug-likeness (QED) is 0.844. The number of carboxylic acids is 1. The van der Waals surface area contributed by atoms with Crippen LogP contribution in [0.2, 0.25) is 5.02 Å². The number of fused-ring (bicyclic) bond motifs is 3. The number of hydrogen-bond donors (Lipinski definition) is 1. The summed E-state index contributed by atoms with van der Waals surface area (Å²) >= 11 is 5.93. The molecule has 0 unspecified atom stereocenters. The molecule has 0 amide bonds. The molecule has 1 N–H and O–H groups in total. The molecule has 1 aliphatic carbocycles. The maximum absolute atomic E-state index is 11.0. The van der Waals surface area contributed by atoms with Crippen LogP contribution in [0.5, 0.6) is 0 Å². The standard InChI is InChI=1S/C12H8ClNO3/c13-7-3-1-6-2-4-8-10(12(15)16)14-17-11(8)9(6)5-7/h1,3,5H,2,4H2,(H,15,16). The summed E-state index contributed by atoms with van der Waals surface area (Å²) in [5.74, 6) is -0.522. The van der Waals surface area contributed by atoms with Crippen LogP contribution in [-0.4, -0.2) is 16.2 Å². The Bertz CT molecular complexity index is 618. The van der Waals surface area contributed by atoms with Crippen LogP contribution in [0.3, 0.4) is 0 Å². The Morgan fingerprint density at radius 2 is 2.24 bits per heavy atom. The van der Waals surface area contributed by atoms with E-state index >= 15 is 0 Å². The van der Waals surface area contributed by atoms with Crippen molar-refractivity contribution in [2.45, 2.75) is 12.8 Å². The Kier molecular flexibility index (Phi) is 2.19. The van der Waals surface area contributed by atoms with Crippen LogP contribution in [0, 0.1) is 0 Å². The minimum absolute atomic E-state index is 0.00521. The van der Waals surface area contributed by atoms with Gasteiger partial charge >= 0.3 is 5.97 Å². The molecule has 2 aromatic rings. The zero-order valence-electron chi connectivity index (χ0n) is 8.74. The Morgan fingerprint density at radius 1 is 1.41 bits per heavy atom. The van der Waals surface area contributed by atoms with Crippen LogP contribution in [0.15, 0.2) is 22.7 Å². The summed E-state index contributed by atoms with van der Waals surface area (Å²) in [6, 6.07) is 5.54. The fraction of sp³-hybridized carbons (Fsp3) is 0.167. The molecule has 1 heterocycles. The molecule has 86 valence electrons. The van der Waals surface area contributed by atoms with Gasteiger partial charge < -0.3 is 9.63 Å². The van der Waals surface area contributed by atoms with Crippen LogP contribution < -0.4 is 0 Å². The summed E-state index contributed by atoms with van der Waals surface area (Å²) in [6.07, 6.45) is 1.41. The molecule has 4 nitrogen and oxygen atoms in total. The van der Waals surface area contributed by atoms with Crippen LogP contribution in [0.1, 0.15) is 21.6 Å². The predicted octanol–water partition coefficient (Wildman–Crippen LogP) is 2.79. The van der Waals surface area contributed by atoms with Crippen LogP contribution in [-0.2, 0) is 12.8 Å². The lowest BCUT2D eigenvalue weighted by Crippen LogP contribution is -2.07. The van der Waals surface area contributed by atoms with E-state index < -0.39 is 5.97 Å². The van der Waals surface area contributed by atoms with Gasteiger partial charge in [0.05, 0.1) is 0 Å². The summed E-state index contributed by atoms with van der Waals surface area (Å²) in [7, 11) is 0. The largest absolute Gasteiger partial charge is 0.476 e. The average molecular weight is 250 g/mol. The van der Waals surface area contributed by atoms with Gasteiger partial charge in [0, 0.05) is 16.1 Å². The lowest BCUT2D eigenvalue weighted by atomic mass is 9.89. The van der Waals surface area contributed by atoms with E-state index in [1.807, 2.05) is 12.1 Å². The molecule has 0 bridgehead atoms. The Hall–Kier alpha value is -1.81. The van der Waals surface area contributed by atoms with Crippen LogP contribution in [0.25, 0.3) is 11.3 Å². The maximum atomic E-state index is 11.0. The zero-order valence-corrected chi connectivity index (χ0v) is 9.49. The highest BCUT2D eigenvalue weighted by Crippen LogP contribution is 2.36.